The van der Waals surface area contributed by atoms with Gasteiger partial charge in [-0.1, -0.05) is 19.4 Å². The molecule has 144 valence electrons. The van der Waals surface area contributed by atoms with Crippen LogP contribution in [0.2, 0.25) is 0 Å². The van der Waals surface area contributed by atoms with Crippen LogP contribution in [0.5, 0.6) is 0 Å². The number of alkyl halides is 1. The largest absolute Gasteiger partial charge is 0.450 e. The van der Waals surface area contributed by atoms with Crippen molar-refractivity contribution in [3.05, 3.63) is 28.5 Å². The predicted molar refractivity (Wildman–Crippen MR) is 95.9 cm³/mol. The molecule has 1 atom stereocenters. The molecule has 0 bridgehead atoms. The van der Waals surface area contributed by atoms with E-state index < -0.39 is 30.6 Å². The second-order valence-corrected chi connectivity index (χ2v) is 6.18. The molecule has 0 aliphatic heterocycles. The lowest BCUT2D eigenvalue weighted by Crippen LogP contribution is -2.43. The Morgan fingerprint density at radius 1 is 1.31 bits per heavy atom. The summed E-state index contributed by atoms with van der Waals surface area (Å²) in [6.07, 6.45) is 0.867. The maximum Gasteiger partial charge on any atom is 0.407 e. The van der Waals surface area contributed by atoms with Crippen molar-refractivity contribution in [1.82, 2.24) is 21.2 Å². The van der Waals surface area contributed by atoms with Crippen molar-refractivity contribution in [1.29, 1.82) is 0 Å². The minimum Gasteiger partial charge on any atom is -0.450 e. The highest BCUT2D eigenvalue weighted by atomic mass is 79.9. The molecule has 1 heterocycles. The van der Waals surface area contributed by atoms with Gasteiger partial charge < -0.3 is 10.1 Å². The number of hydrazine groups is 1. The SMILES string of the molecule is CCCCOC(=O)N[C@@H](CF)CCC(=O)NNC(=O)c1cccc(Br)n1. The first-order chi connectivity index (χ1) is 12.5. The third kappa shape index (κ3) is 8.75. The van der Waals surface area contributed by atoms with Gasteiger partial charge in [0.25, 0.3) is 5.91 Å². The molecule has 0 saturated heterocycles. The van der Waals surface area contributed by atoms with E-state index in [2.05, 4.69) is 37.1 Å². The summed E-state index contributed by atoms with van der Waals surface area (Å²) in [5.41, 5.74) is 4.55. The van der Waals surface area contributed by atoms with Crippen LogP contribution in [0.3, 0.4) is 0 Å². The van der Waals surface area contributed by atoms with Gasteiger partial charge in [-0.15, -0.1) is 0 Å². The molecule has 0 aliphatic rings. The van der Waals surface area contributed by atoms with E-state index in [-0.39, 0.29) is 25.1 Å². The van der Waals surface area contributed by atoms with Crippen LogP contribution < -0.4 is 16.2 Å². The number of alkyl carbamates (subject to hydrolysis) is 1. The molecular weight excluding hydrogens is 411 g/mol. The van der Waals surface area contributed by atoms with Gasteiger partial charge in [0, 0.05) is 6.42 Å². The lowest BCUT2D eigenvalue weighted by molar-refractivity contribution is -0.122. The molecular formula is C16H22BrFN4O4. The number of aromatic nitrogens is 1. The molecule has 1 aromatic heterocycles. The van der Waals surface area contributed by atoms with Gasteiger partial charge in [-0.2, -0.15) is 0 Å². The number of hydrogen-bond donors (Lipinski definition) is 3. The number of carbonyl (C=O) groups excluding carboxylic acids is 3. The number of nitrogens with zero attached hydrogens (tertiary/aromatic N) is 1. The Morgan fingerprint density at radius 2 is 2.08 bits per heavy atom. The van der Waals surface area contributed by atoms with Crippen molar-refractivity contribution in [3.63, 3.8) is 0 Å². The Labute approximate surface area is 159 Å². The fourth-order valence-electron chi connectivity index (χ4n) is 1.80. The van der Waals surface area contributed by atoms with Gasteiger partial charge in [-0.25, -0.2) is 14.2 Å². The van der Waals surface area contributed by atoms with Gasteiger partial charge in [0.2, 0.25) is 5.91 Å². The number of hydrogen-bond acceptors (Lipinski definition) is 5. The van der Waals surface area contributed by atoms with E-state index in [1.807, 2.05) is 6.92 Å². The standard InChI is InChI=1S/C16H22BrFN4O4/c1-2-3-9-26-16(25)19-11(10-18)7-8-14(23)21-22-15(24)12-5-4-6-13(17)20-12/h4-6,11H,2-3,7-10H2,1H3,(H,19,25)(H,21,23)(H,22,24)/t11-/m1/s1. The van der Waals surface area contributed by atoms with Crippen LogP contribution in [-0.2, 0) is 9.53 Å². The Kier molecular flexibility index (Phi) is 10.2. The van der Waals surface area contributed by atoms with Crippen LogP contribution in [0.4, 0.5) is 9.18 Å². The number of carbonyl (C=O) groups is 3. The maximum absolute atomic E-state index is 12.9. The van der Waals surface area contributed by atoms with E-state index in [1.54, 1.807) is 12.1 Å². The van der Waals surface area contributed by atoms with Crippen LogP contribution in [-0.4, -0.2) is 42.2 Å². The molecule has 0 saturated carbocycles. The van der Waals surface area contributed by atoms with Crippen molar-refractivity contribution in [2.45, 2.75) is 38.6 Å². The third-order valence-corrected chi connectivity index (χ3v) is 3.66. The highest BCUT2D eigenvalue weighted by molar-refractivity contribution is 9.10. The zero-order chi connectivity index (χ0) is 19.4. The van der Waals surface area contributed by atoms with Gasteiger partial charge in [-0.05, 0) is 40.9 Å². The van der Waals surface area contributed by atoms with E-state index in [0.29, 0.717) is 4.60 Å². The summed E-state index contributed by atoms with van der Waals surface area (Å²) < 4.78 is 18.3. The quantitative estimate of drug-likeness (QED) is 0.315. The Balaban J connectivity index is 2.31. The summed E-state index contributed by atoms with van der Waals surface area (Å²) in [4.78, 5) is 39.0. The first-order valence-electron chi connectivity index (χ1n) is 8.17. The third-order valence-electron chi connectivity index (χ3n) is 3.22. The summed E-state index contributed by atoms with van der Waals surface area (Å²) in [5, 5.41) is 2.36. The van der Waals surface area contributed by atoms with Crippen LogP contribution in [0.15, 0.2) is 22.8 Å². The minimum atomic E-state index is -0.836. The highest BCUT2D eigenvalue weighted by Gasteiger charge is 2.15. The fraction of sp³-hybridized carbons (Fsp3) is 0.500. The Morgan fingerprint density at radius 3 is 2.73 bits per heavy atom. The smallest absolute Gasteiger partial charge is 0.407 e. The number of unbranched alkanes of at least 4 members (excludes halogenated alkanes) is 1. The average molecular weight is 433 g/mol. The van der Waals surface area contributed by atoms with Crippen LogP contribution in [0.1, 0.15) is 43.1 Å². The molecule has 0 unspecified atom stereocenters. The average Bonchev–Trinajstić information content (AvgIpc) is 2.63. The molecule has 0 spiro atoms. The summed E-state index contributed by atoms with van der Waals surface area (Å²) >= 11 is 3.14. The summed E-state index contributed by atoms with van der Waals surface area (Å²) in [5.74, 6) is -1.10. The van der Waals surface area contributed by atoms with E-state index >= 15 is 0 Å². The predicted octanol–water partition coefficient (Wildman–Crippen LogP) is 2.25. The lowest BCUT2D eigenvalue weighted by Gasteiger charge is -2.15. The zero-order valence-corrected chi connectivity index (χ0v) is 16.0. The molecule has 3 N–H and O–H groups in total. The van der Waals surface area contributed by atoms with E-state index in [9.17, 15) is 18.8 Å². The minimum absolute atomic E-state index is 0.0657. The zero-order valence-electron chi connectivity index (χ0n) is 14.4. The Bertz CT molecular complexity index is 618. The Hall–Kier alpha value is -2.23. The van der Waals surface area contributed by atoms with Crippen molar-refractivity contribution in [2.75, 3.05) is 13.3 Å². The van der Waals surface area contributed by atoms with E-state index in [1.165, 1.54) is 6.07 Å². The molecule has 1 aromatic rings. The number of halogens is 2. The first-order valence-corrected chi connectivity index (χ1v) is 8.96. The number of nitrogens with one attached hydrogen (secondary N) is 3. The van der Waals surface area contributed by atoms with Gasteiger partial charge in [0.1, 0.15) is 17.0 Å². The number of amides is 3. The van der Waals surface area contributed by atoms with Crippen molar-refractivity contribution >= 4 is 33.8 Å². The van der Waals surface area contributed by atoms with Crippen molar-refractivity contribution < 1.29 is 23.5 Å². The second kappa shape index (κ2) is 12.2. The van der Waals surface area contributed by atoms with Gasteiger partial charge in [-0.3, -0.25) is 20.4 Å². The molecule has 1 rings (SSSR count). The molecule has 26 heavy (non-hydrogen) atoms. The first kappa shape index (κ1) is 21.8. The second-order valence-electron chi connectivity index (χ2n) is 5.37. The molecule has 0 radical (unpaired) electrons. The number of ether oxygens (including phenoxy) is 1. The number of pyridine rings is 1. The van der Waals surface area contributed by atoms with Crippen LogP contribution in [0, 0.1) is 0 Å². The van der Waals surface area contributed by atoms with E-state index in [0.717, 1.165) is 12.8 Å². The molecule has 0 fully saturated rings. The molecule has 3 amide bonds. The monoisotopic (exact) mass is 432 g/mol. The fourth-order valence-corrected chi connectivity index (χ4v) is 2.14. The van der Waals surface area contributed by atoms with Gasteiger partial charge >= 0.3 is 6.09 Å². The molecule has 0 aromatic carbocycles. The lowest BCUT2D eigenvalue weighted by atomic mass is 10.2. The van der Waals surface area contributed by atoms with Crippen molar-refractivity contribution in [2.24, 2.45) is 0 Å². The van der Waals surface area contributed by atoms with Crippen molar-refractivity contribution in [3.8, 4) is 0 Å². The van der Waals surface area contributed by atoms with Crippen LogP contribution in [0.25, 0.3) is 0 Å². The normalized spacial score (nSPS) is 11.3. The maximum atomic E-state index is 12.9. The van der Waals surface area contributed by atoms with Gasteiger partial charge in [0.05, 0.1) is 12.6 Å². The van der Waals surface area contributed by atoms with E-state index in [4.69, 9.17) is 4.74 Å². The summed E-state index contributed by atoms with van der Waals surface area (Å²) in [6.45, 7) is 1.39. The topological polar surface area (TPSA) is 109 Å². The number of rotatable bonds is 9. The molecule has 10 heteroatoms. The highest BCUT2D eigenvalue weighted by Crippen LogP contribution is 2.06. The van der Waals surface area contributed by atoms with Gasteiger partial charge in [0.15, 0.2) is 0 Å². The molecule has 8 nitrogen and oxygen atoms in total. The summed E-state index contributed by atoms with van der Waals surface area (Å²) in [7, 11) is 0. The summed E-state index contributed by atoms with van der Waals surface area (Å²) in [6, 6.07) is 3.94. The molecule has 0 aliphatic carbocycles. The van der Waals surface area contributed by atoms with Crippen LogP contribution >= 0.6 is 15.9 Å².